The number of benzene rings is 1. The molecule has 5 rings (SSSR count). The van der Waals surface area contributed by atoms with Gasteiger partial charge in [0.15, 0.2) is 5.58 Å². The van der Waals surface area contributed by atoms with Gasteiger partial charge in [-0.25, -0.2) is 4.79 Å². The number of nitrogens with one attached hydrogen (secondary N) is 2. The van der Waals surface area contributed by atoms with E-state index in [2.05, 4.69) is 20.2 Å². The van der Waals surface area contributed by atoms with E-state index < -0.39 is 5.76 Å². The Hall–Kier alpha value is -2.80. The highest BCUT2D eigenvalue weighted by Crippen LogP contribution is 2.43. The summed E-state index contributed by atoms with van der Waals surface area (Å²) in [4.78, 5) is 32.9. The van der Waals surface area contributed by atoms with Gasteiger partial charge in [0.05, 0.1) is 21.6 Å². The van der Waals surface area contributed by atoms with Crippen molar-refractivity contribution in [1.29, 1.82) is 0 Å². The van der Waals surface area contributed by atoms with Crippen molar-refractivity contribution in [2.24, 2.45) is 5.41 Å². The number of halogens is 1. The predicted octanol–water partition coefficient (Wildman–Crippen LogP) is 2.94. The fraction of sp³-hybridized carbons (Fsp3) is 0.350. The quantitative estimate of drug-likeness (QED) is 0.692. The number of aromatic nitrogens is 2. The Bertz CT molecular complexity index is 1130. The molecule has 0 saturated carbocycles. The van der Waals surface area contributed by atoms with E-state index in [9.17, 15) is 9.59 Å². The molecule has 4 heterocycles. The lowest BCUT2D eigenvalue weighted by atomic mass is 9.77. The second-order valence-electron chi connectivity index (χ2n) is 7.52. The molecule has 28 heavy (non-hydrogen) atoms. The Kier molecular flexibility index (Phi) is 3.94. The molecule has 2 N–H and O–H groups in total. The Morgan fingerprint density at radius 3 is 2.71 bits per heavy atom. The zero-order valence-corrected chi connectivity index (χ0v) is 15.9. The molecule has 8 heteroatoms. The SMILES string of the molecule is O=C1NCCC12CCN(c1c(Cl)cncc1-c1ccc3oc(=O)[nH]c3c1)CC2. The number of anilines is 1. The molecule has 1 spiro atoms. The van der Waals surface area contributed by atoms with E-state index in [1.807, 2.05) is 12.1 Å². The monoisotopic (exact) mass is 398 g/mol. The van der Waals surface area contributed by atoms with Crippen LogP contribution in [0.4, 0.5) is 5.69 Å². The summed E-state index contributed by atoms with van der Waals surface area (Å²) >= 11 is 6.56. The lowest BCUT2D eigenvalue weighted by molar-refractivity contribution is -0.128. The molecular weight excluding hydrogens is 380 g/mol. The Labute approximate surface area is 165 Å². The minimum absolute atomic E-state index is 0.183. The average molecular weight is 399 g/mol. The van der Waals surface area contributed by atoms with E-state index >= 15 is 0 Å². The first kappa shape index (κ1) is 17.3. The highest BCUT2D eigenvalue weighted by Gasteiger charge is 2.44. The van der Waals surface area contributed by atoms with Gasteiger partial charge in [-0.3, -0.25) is 14.8 Å². The fourth-order valence-corrected chi connectivity index (χ4v) is 4.71. The highest BCUT2D eigenvalue weighted by molar-refractivity contribution is 6.33. The van der Waals surface area contributed by atoms with Crippen LogP contribution in [0, 0.1) is 5.41 Å². The van der Waals surface area contributed by atoms with E-state index in [1.54, 1.807) is 18.5 Å². The van der Waals surface area contributed by atoms with Gasteiger partial charge in [-0.05, 0) is 37.0 Å². The van der Waals surface area contributed by atoms with Gasteiger partial charge < -0.3 is 14.6 Å². The Morgan fingerprint density at radius 2 is 1.96 bits per heavy atom. The minimum Gasteiger partial charge on any atom is -0.408 e. The number of carbonyl (C=O) groups is 1. The highest BCUT2D eigenvalue weighted by atomic mass is 35.5. The van der Waals surface area contributed by atoms with Crippen LogP contribution in [0.5, 0.6) is 0 Å². The summed E-state index contributed by atoms with van der Waals surface area (Å²) in [6.45, 7) is 2.28. The number of nitrogens with zero attached hydrogens (tertiary/aromatic N) is 2. The van der Waals surface area contributed by atoms with Crippen LogP contribution in [0.2, 0.25) is 5.02 Å². The summed E-state index contributed by atoms with van der Waals surface area (Å²) in [5, 5.41) is 3.55. The third-order valence-electron chi connectivity index (χ3n) is 6.01. The summed E-state index contributed by atoms with van der Waals surface area (Å²) < 4.78 is 5.09. The molecule has 1 aromatic carbocycles. The van der Waals surface area contributed by atoms with Crippen LogP contribution in [-0.4, -0.2) is 35.5 Å². The van der Waals surface area contributed by atoms with E-state index in [0.29, 0.717) is 16.1 Å². The average Bonchev–Trinajstić information content (AvgIpc) is 3.24. The van der Waals surface area contributed by atoms with Crippen molar-refractivity contribution in [2.75, 3.05) is 24.5 Å². The van der Waals surface area contributed by atoms with E-state index in [4.69, 9.17) is 16.0 Å². The molecule has 7 nitrogen and oxygen atoms in total. The largest absolute Gasteiger partial charge is 0.417 e. The van der Waals surface area contributed by atoms with E-state index in [-0.39, 0.29) is 11.3 Å². The Morgan fingerprint density at radius 1 is 1.14 bits per heavy atom. The summed E-state index contributed by atoms with van der Waals surface area (Å²) in [5.41, 5.74) is 3.61. The molecule has 3 aromatic rings. The predicted molar refractivity (Wildman–Crippen MR) is 107 cm³/mol. The summed E-state index contributed by atoms with van der Waals surface area (Å²) in [6, 6.07) is 5.53. The molecular formula is C20H19ClN4O3. The molecule has 144 valence electrons. The van der Waals surface area contributed by atoms with E-state index in [0.717, 1.165) is 55.7 Å². The van der Waals surface area contributed by atoms with Crippen LogP contribution < -0.4 is 16.0 Å². The van der Waals surface area contributed by atoms with Crippen molar-refractivity contribution in [3.05, 3.63) is 46.2 Å². The number of H-pyrrole nitrogens is 1. The van der Waals surface area contributed by atoms with Crippen LogP contribution in [0.3, 0.4) is 0 Å². The van der Waals surface area contributed by atoms with Crippen molar-refractivity contribution in [3.63, 3.8) is 0 Å². The molecule has 0 atom stereocenters. The third kappa shape index (κ3) is 2.69. The van der Waals surface area contributed by atoms with Crippen LogP contribution in [0.1, 0.15) is 19.3 Å². The zero-order valence-electron chi connectivity index (χ0n) is 15.1. The number of piperidine rings is 1. The second kappa shape index (κ2) is 6.38. The smallest absolute Gasteiger partial charge is 0.408 e. The zero-order chi connectivity index (χ0) is 19.3. The van der Waals surface area contributed by atoms with Crippen molar-refractivity contribution in [2.45, 2.75) is 19.3 Å². The third-order valence-corrected chi connectivity index (χ3v) is 6.29. The molecule has 1 amide bonds. The minimum atomic E-state index is -0.479. The van der Waals surface area contributed by atoms with Crippen molar-refractivity contribution in [1.82, 2.24) is 15.3 Å². The van der Waals surface area contributed by atoms with E-state index in [1.165, 1.54) is 0 Å². The van der Waals surface area contributed by atoms with Crippen molar-refractivity contribution < 1.29 is 9.21 Å². The first-order chi connectivity index (χ1) is 13.6. The van der Waals surface area contributed by atoms with Gasteiger partial charge in [-0.15, -0.1) is 0 Å². The maximum atomic E-state index is 12.3. The molecule has 0 radical (unpaired) electrons. The van der Waals surface area contributed by atoms with Crippen LogP contribution in [0.25, 0.3) is 22.2 Å². The van der Waals surface area contributed by atoms with Gasteiger partial charge in [0.2, 0.25) is 5.91 Å². The number of pyridine rings is 1. The standard InChI is InChI=1S/C20H19ClN4O3/c21-14-11-22-10-13(12-1-2-16-15(9-12)24-19(27)28-16)17(14)25-7-4-20(5-8-25)3-6-23-18(20)26/h1-2,9-11H,3-8H2,(H,23,26)(H,24,27). The fourth-order valence-electron chi connectivity index (χ4n) is 4.43. The molecule has 2 saturated heterocycles. The number of fused-ring (bicyclic) bond motifs is 1. The number of aromatic amines is 1. The van der Waals surface area contributed by atoms with Crippen LogP contribution in [0.15, 0.2) is 39.8 Å². The van der Waals surface area contributed by atoms with Gasteiger partial charge in [0.25, 0.3) is 0 Å². The molecule has 0 unspecified atom stereocenters. The maximum Gasteiger partial charge on any atom is 0.417 e. The summed E-state index contributed by atoms with van der Waals surface area (Å²) in [5.74, 6) is -0.296. The van der Waals surface area contributed by atoms with Crippen molar-refractivity contribution in [3.8, 4) is 11.1 Å². The van der Waals surface area contributed by atoms with Gasteiger partial charge in [0, 0.05) is 37.6 Å². The van der Waals surface area contributed by atoms with Crippen molar-refractivity contribution >= 4 is 34.3 Å². The normalized spacial score (nSPS) is 18.8. The molecule has 0 bridgehead atoms. The van der Waals surface area contributed by atoms with Gasteiger partial charge >= 0.3 is 5.76 Å². The lowest BCUT2D eigenvalue weighted by Gasteiger charge is -2.39. The summed E-state index contributed by atoms with van der Waals surface area (Å²) in [6.07, 6.45) is 5.95. The molecule has 0 aliphatic carbocycles. The van der Waals surface area contributed by atoms with Gasteiger partial charge in [-0.2, -0.15) is 0 Å². The molecule has 2 fully saturated rings. The number of amides is 1. The van der Waals surface area contributed by atoms with Crippen LogP contribution in [-0.2, 0) is 4.79 Å². The Balaban J connectivity index is 1.52. The number of carbonyl (C=O) groups excluding carboxylic acids is 1. The first-order valence-corrected chi connectivity index (χ1v) is 9.74. The van der Waals surface area contributed by atoms with Crippen LogP contribution >= 0.6 is 11.6 Å². The summed E-state index contributed by atoms with van der Waals surface area (Å²) in [7, 11) is 0. The topological polar surface area (TPSA) is 91.2 Å². The number of rotatable bonds is 2. The van der Waals surface area contributed by atoms with Gasteiger partial charge in [0.1, 0.15) is 0 Å². The maximum absolute atomic E-state index is 12.3. The lowest BCUT2D eigenvalue weighted by Crippen LogP contribution is -2.44. The molecule has 2 aliphatic heterocycles. The van der Waals surface area contributed by atoms with Gasteiger partial charge in [-0.1, -0.05) is 17.7 Å². The number of hydrogen-bond donors (Lipinski definition) is 2. The number of oxazole rings is 1. The molecule has 2 aromatic heterocycles. The molecule has 2 aliphatic rings. The first-order valence-electron chi connectivity index (χ1n) is 9.36. The number of hydrogen-bond acceptors (Lipinski definition) is 5. The second-order valence-corrected chi connectivity index (χ2v) is 7.92.